The molecule has 0 unspecified atom stereocenters. The number of amides is 1. The van der Waals surface area contributed by atoms with Crippen molar-refractivity contribution < 1.29 is 9.59 Å². The fourth-order valence-electron chi connectivity index (χ4n) is 2.05. The van der Waals surface area contributed by atoms with E-state index in [0.717, 1.165) is 5.56 Å². The second kappa shape index (κ2) is 3.59. The van der Waals surface area contributed by atoms with Gasteiger partial charge in [-0.15, -0.1) is 0 Å². The van der Waals surface area contributed by atoms with Crippen LogP contribution in [0.4, 0.5) is 5.69 Å². The first kappa shape index (κ1) is 11.1. The van der Waals surface area contributed by atoms with Crippen molar-refractivity contribution in [2.75, 3.05) is 4.90 Å². The van der Waals surface area contributed by atoms with Crippen molar-refractivity contribution in [2.45, 2.75) is 26.8 Å². The molecule has 0 N–H and O–H groups in total. The summed E-state index contributed by atoms with van der Waals surface area (Å²) < 4.78 is 0. The molecule has 84 valence electrons. The van der Waals surface area contributed by atoms with Gasteiger partial charge in [0.2, 0.25) is 0 Å². The van der Waals surface area contributed by atoms with Crippen LogP contribution in [0.1, 0.15) is 29.8 Å². The Hall–Kier alpha value is -1.35. The molecule has 0 bridgehead atoms. The predicted molar refractivity (Wildman–Crippen MR) is 63.1 cm³/mol. The molecule has 0 fully saturated rings. The first-order valence-corrected chi connectivity index (χ1v) is 5.49. The summed E-state index contributed by atoms with van der Waals surface area (Å²) in [7, 11) is 0. The standard InChI is InChI=1S/C12H12ClNO2/c1-6(2)14-10-7(3)4-8(13)5-9(10)11(15)12(14)16/h4-6H,1-3H3. The molecule has 0 spiro atoms. The molecule has 2 rings (SSSR count). The monoisotopic (exact) mass is 237 g/mol. The Labute approximate surface area is 99.0 Å². The number of hydrogen-bond donors (Lipinski definition) is 0. The van der Waals surface area contributed by atoms with Gasteiger partial charge < -0.3 is 4.90 Å². The van der Waals surface area contributed by atoms with Crippen molar-refractivity contribution in [3.05, 3.63) is 28.3 Å². The van der Waals surface area contributed by atoms with E-state index in [9.17, 15) is 9.59 Å². The van der Waals surface area contributed by atoms with E-state index in [1.165, 1.54) is 4.90 Å². The molecule has 0 aliphatic carbocycles. The summed E-state index contributed by atoms with van der Waals surface area (Å²) in [6, 6.07) is 3.30. The molecular weight excluding hydrogens is 226 g/mol. The predicted octanol–water partition coefficient (Wildman–Crippen LogP) is 2.59. The van der Waals surface area contributed by atoms with E-state index in [4.69, 9.17) is 11.6 Å². The molecule has 1 aromatic rings. The first-order chi connectivity index (χ1) is 7.43. The maximum Gasteiger partial charge on any atom is 0.299 e. The van der Waals surface area contributed by atoms with Crippen molar-refractivity contribution in [2.24, 2.45) is 0 Å². The normalized spacial score (nSPS) is 14.9. The average Bonchev–Trinajstić information content (AvgIpc) is 2.42. The number of rotatable bonds is 1. The van der Waals surface area contributed by atoms with Gasteiger partial charge in [-0.25, -0.2) is 0 Å². The maximum absolute atomic E-state index is 11.8. The van der Waals surface area contributed by atoms with Crippen LogP contribution >= 0.6 is 11.6 Å². The lowest BCUT2D eigenvalue weighted by atomic mass is 10.1. The number of aryl methyl sites for hydroxylation is 1. The lowest BCUT2D eigenvalue weighted by molar-refractivity contribution is -0.114. The molecule has 1 amide bonds. The van der Waals surface area contributed by atoms with Gasteiger partial charge in [0, 0.05) is 11.1 Å². The number of anilines is 1. The molecule has 4 heteroatoms. The van der Waals surface area contributed by atoms with Crippen LogP contribution in [0.2, 0.25) is 5.02 Å². The Morgan fingerprint density at radius 3 is 2.44 bits per heavy atom. The van der Waals surface area contributed by atoms with Gasteiger partial charge >= 0.3 is 0 Å². The number of carbonyl (C=O) groups excluding carboxylic acids is 2. The van der Waals surface area contributed by atoms with E-state index in [0.29, 0.717) is 16.3 Å². The highest BCUT2D eigenvalue weighted by Gasteiger charge is 2.38. The highest BCUT2D eigenvalue weighted by atomic mass is 35.5. The maximum atomic E-state index is 11.8. The molecular formula is C12H12ClNO2. The smallest absolute Gasteiger partial charge is 0.299 e. The van der Waals surface area contributed by atoms with Crippen LogP contribution in [0.3, 0.4) is 0 Å². The second-order valence-corrected chi connectivity index (χ2v) is 4.65. The first-order valence-electron chi connectivity index (χ1n) is 5.11. The van der Waals surface area contributed by atoms with Crippen LogP contribution < -0.4 is 4.90 Å². The van der Waals surface area contributed by atoms with Crippen molar-refractivity contribution in [3.8, 4) is 0 Å². The van der Waals surface area contributed by atoms with Crippen molar-refractivity contribution >= 4 is 29.0 Å². The molecule has 0 saturated heterocycles. The van der Waals surface area contributed by atoms with Crippen molar-refractivity contribution in [1.29, 1.82) is 0 Å². The Morgan fingerprint density at radius 2 is 1.88 bits per heavy atom. The fraction of sp³-hybridized carbons (Fsp3) is 0.333. The molecule has 0 saturated carbocycles. The molecule has 1 aliphatic rings. The SMILES string of the molecule is Cc1cc(Cl)cc2c1N(C(C)C)C(=O)C2=O. The molecule has 0 radical (unpaired) electrons. The number of hydrogen-bond acceptors (Lipinski definition) is 2. The van der Waals surface area contributed by atoms with Gasteiger partial charge in [0.25, 0.3) is 11.7 Å². The average molecular weight is 238 g/mol. The van der Waals surface area contributed by atoms with E-state index in [1.54, 1.807) is 12.1 Å². The molecule has 0 aromatic heterocycles. The van der Waals surface area contributed by atoms with E-state index >= 15 is 0 Å². The third-order valence-corrected chi connectivity index (χ3v) is 2.90. The minimum atomic E-state index is -0.464. The second-order valence-electron chi connectivity index (χ2n) is 4.22. The van der Waals surface area contributed by atoms with Gasteiger partial charge in [-0.05, 0) is 38.5 Å². The number of benzene rings is 1. The van der Waals surface area contributed by atoms with Gasteiger partial charge in [0.05, 0.1) is 11.3 Å². The van der Waals surface area contributed by atoms with Crippen molar-refractivity contribution in [3.63, 3.8) is 0 Å². The summed E-state index contributed by atoms with van der Waals surface area (Å²) in [6.45, 7) is 5.62. The Kier molecular flexibility index (Phi) is 2.50. The summed E-state index contributed by atoms with van der Waals surface area (Å²) in [5.41, 5.74) is 1.98. The van der Waals surface area contributed by atoms with E-state index in [1.807, 2.05) is 20.8 Å². The van der Waals surface area contributed by atoms with Crippen LogP contribution in [-0.4, -0.2) is 17.7 Å². The summed E-state index contributed by atoms with van der Waals surface area (Å²) in [6.07, 6.45) is 0. The zero-order valence-corrected chi connectivity index (χ0v) is 10.1. The highest BCUT2D eigenvalue weighted by molar-refractivity contribution is 6.53. The van der Waals surface area contributed by atoms with Gasteiger partial charge in [0.15, 0.2) is 0 Å². The van der Waals surface area contributed by atoms with Gasteiger partial charge in [-0.2, -0.15) is 0 Å². The molecule has 1 heterocycles. The summed E-state index contributed by atoms with van der Waals surface area (Å²) in [5, 5.41) is 0.489. The highest BCUT2D eigenvalue weighted by Crippen LogP contribution is 2.35. The number of ketones is 1. The third-order valence-electron chi connectivity index (χ3n) is 2.68. The topological polar surface area (TPSA) is 37.4 Å². The number of Topliss-reactive ketones (excluding diaryl/α,β-unsaturated/α-hetero) is 1. The van der Waals surface area contributed by atoms with Gasteiger partial charge in [0.1, 0.15) is 0 Å². The van der Waals surface area contributed by atoms with E-state index in [2.05, 4.69) is 0 Å². The fourth-order valence-corrected chi connectivity index (χ4v) is 2.32. The van der Waals surface area contributed by atoms with Gasteiger partial charge in [-0.1, -0.05) is 11.6 Å². The van der Waals surface area contributed by atoms with Crippen LogP contribution in [0.15, 0.2) is 12.1 Å². The Balaban J connectivity index is 2.70. The minimum Gasteiger partial charge on any atom is -0.302 e. The van der Waals surface area contributed by atoms with Gasteiger partial charge in [-0.3, -0.25) is 9.59 Å². The largest absolute Gasteiger partial charge is 0.302 e. The lowest BCUT2D eigenvalue weighted by Gasteiger charge is -2.22. The molecule has 1 aliphatic heterocycles. The number of carbonyl (C=O) groups is 2. The zero-order chi connectivity index (χ0) is 12.0. The quantitative estimate of drug-likeness (QED) is 0.704. The van der Waals surface area contributed by atoms with Crippen LogP contribution in [-0.2, 0) is 4.79 Å². The van der Waals surface area contributed by atoms with E-state index in [-0.39, 0.29) is 6.04 Å². The molecule has 16 heavy (non-hydrogen) atoms. The Bertz CT molecular complexity index is 494. The summed E-state index contributed by atoms with van der Waals surface area (Å²) in [5.74, 6) is -0.926. The lowest BCUT2D eigenvalue weighted by Crippen LogP contribution is -2.36. The minimum absolute atomic E-state index is 0.0300. The van der Waals surface area contributed by atoms with Crippen LogP contribution in [0, 0.1) is 6.92 Å². The third kappa shape index (κ3) is 1.43. The summed E-state index contributed by atoms with van der Waals surface area (Å²) >= 11 is 5.89. The molecule has 1 aromatic carbocycles. The zero-order valence-electron chi connectivity index (χ0n) is 9.37. The molecule has 3 nitrogen and oxygen atoms in total. The molecule has 0 atom stereocenters. The van der Waals surface area contributed by atoms with Crippen LogP contribution in [0.5, 0.6) is 0 Å². The van der Waals surface area contributed by atoms with E-state index < -0.39 is 11.7 Å². The Morgan fingerprint density at radius 1 is 1.25 bits per heavy atom. The summed E-state index contributed by atoms with van der Waals surface area (Å²) in [4.78, 5) is 25.1. The number of halogens is 1. The number of nitrogens with zero attached hydrogens (tertiary/aromatic N) is 1. The van der Waals surface area contributed by atoms with Crippen molar-refractivity contribution in [1.82, 2.24) is 0 Å². The number of fused-ring (bicyclic) bond motifs is 1. The van der Waals surface area contributed by atoms with Crippen LogP contribution in [0.25, 0.3) is 0 Å².